The predicted molar refractivity (Wildman–Crippen MR) is 92.7 cm³/mol. The van der Waals surface area contributed by atoms with E-state index >= 15 is 0 Å². The Bertz CT molecular complexity index is 802. The number of hydrogen-bond donors (Lipinski definition) is 1. The topological polar surface area (TPSA) is 73.2 Å². The van der Waals surface area contributed by atoms with Gasteiger partial charge in [0.05, 0.1) is 32.7 Å². The smallest absolute Gasteiger partial charge is 0.338 e. The van der Waals surface area contributed by atoms with Crippen molar-refractivity contribution in [3.05, 3.63) is 45.2 Å². The molecule has 0 bridgehead atoms. The van der Waals surface area contributed by atoms with Crippen molar-refractivity contribution in [2.75, 3.05) is 5.32 Å². The van der Waals surface area contributed by atoms with Gasteiger partial charge in [0.2, 0.25) is 0 Å². The number of nitrogens with one attached hydrogen (secondary N) is 1. The molecule has 0 saturated carbocycles. The first kappa shape index (κ1) is 18.3. The third-order valence-corrected chi connectivity index (χ3v) is 4.30. The van der Waals surface area contributed by atoms with E-state index in [1.807, 2.05) is 6.92 Å². The molecule has 0 spiro atoms. The van der Waals surface area contributed by atoms with Crippen LogP contribution >= 0.6 is 23.2 Å². The molecule has 0 aliphatic rings. The number of aryl methyl sites for hydroxylation is 2. The van der Waals surface area contributed by atoms with E-state index in [1.165, 1.54) is 25.1 Å². The van der Waals surface area contributed by atoms with Crippen molar-refractivity contribution >= 4 is 40.8 Å². The van der Waals surface area contributed by atoms with Crippen LogP contribution in [0.15, 0.2) is 18.2 Å². The van der Waals surface area contributed by atoms with Crippen molar-refractivity contribution < 1.29 is 14.3 Å². The minimum absolute atomic E-state index is 0.220. The van der Waals surface area contributed by atoms with E-state index in [9.17, 15) is 9.59 Å². The van der Waals surface area contributed by atoms with Crippen molar-refractivity contribution in [1.82, 2.24) is 9.78 Å². The van der Waals surface area contributed by atoms with E-state index < -0.39 is 18.0 Å². The molecular weight excluding hydrogens is 353 g/mol. The minimum Gasteiger partial charge on any atom is -0.449 e. The van der Waals surface area contributed by atoms with Crippen LogP contribution in [0.2, 0.25) is 10.0 Å². The first-order valence-electron chi connectivity index (χ1n) is 7.17. The van der Waals surface area contributed by atoms with Gasteiger partial charge >= 0.3 is 5.97 Å². The van der Waals surface area contributed by atoms with E-state index in [-0.39, 0.29) is 10.6 Å². The van der Waals surface area contributed by atoms with Gasteiger partial charge in [-0.25, -0.2) is 4.79 Å². The minimum atomic E-state index is -0.981. The highest BCUT2D eigenvalue weighted by molar-refractivity contribution is 6.42. The lowest BCUT2D eigenvalue weighted by molar-refractivity contribution is -0.123. The van der Waals surface area contributed by atoms with Crippen molar-refractivity contribution in [1.29, 1.82) is 0 Å². The molecule has 1 aromatic heterocycles. The Labute approximate surface area is 149 Å². The standard InChI is InChI=1S/C16H17Cl2N3O3/c1-8-14(9(2)21(4)20-8)19-15(22)10(3)24-16(23)11-5-6-12(17)13(18)7-11/h5-7,10H,1-4H3,(H,19,22)/t10-/m0/s1. The zero-order chi connectivity index (χ0) is 18.0. The molecule has 8 heteroatoms. The van der Waals surface area contributed by atoms with Crippen LogP contribution in [0.4, 0.5) is 5.69 Å². The second kappa shape index (κ2) is 7.23. The number of halogens is 2. The van der Waals surface area contributed by atoms with Gasteiger partial charge in [-0.2, -0.15) is 5.10 Å². The normalized spacial score (nSPS) is 11.9. The molecule has 0 aliphatic carbocycles. The molecular formula is C16H17Cl2N3O3. The first-order chi connectivity index (χ1) is 11.2. The molecule has 1 aromatic carbocycles. The van der Waals surface area contributed by atoms with Gasteiger partial charge in [-0.15, -0.1) is 0 Å². The number of ether oxygens (including phenoxy) is 1. The van der Waals surface area contributed by atoms with Gasteiger partial charge in [0.1, 0.15) is 0 Å². The van der Waals surface area contributed by atoms with Crippen molar-refractivity contribution in [2.24, 2.45) is 7.05 Å². The van der Waals surface area contributed by atoms with Gasteiger partial charge in [-0.3, -0.25) is 9.48 Å². The molecule has 0 saturated heterocycles. The Morgan fingerprint density at radius 2 is 1.92 bits per heavy atom. The molecule has 6 nitrogen and oxygen atoms in total. The summed E-state index contributed by atoms with van der Waals surface area (Å²) in [5, 5.41) is 7.52. The molecule has 0 radical (unpaired) electrons. The summed E-state index contributed by atoms with van der Waals surface area (Å²) >= 11 is 11.7. The van der Waals surface area contributed by atoms with E-state index in [4.69, 9.17) is 27.9 Å². The molecule has 24 heavy (non-hydrogen) atoms. The van der Waals surface area contributed by atoms with Gasteiger partial charge in [0.15, 0.2) is 6.10 Å². The number of hydrogen-bond acceptors (Lipinski definition) is 4. The fourth-order valence-electron chi connectivity index (χ4n) is 2.08. The van der Waals surface area contributed by atoms with Gasteiger partial charge in [0.25, 0.3) is 5.91 Å². The summed E-state index contributed by atoms with van der Waals surface area (Å²) in [5.41, 5.74) is 2.33. The zero-order valence-electron chi connectivity index (χ0n) is 13.7. The van der Waals surface area contributed by atoms with Crippen LogP contribution in [-0.4, -0.2) is 27.8 Å². The second-order valence-corrected chi connectivity index (χ2v) is 6.15. The number of carbonyl (C=O) groups is 2. The highest BCUT2D eigenvalue weighted by atomic mass is 35.5. The van der Waals surface area contributed by atoms with Gasteiger partial charge in [-0.05, 0) is 39.0 Å². The molecule has 2 aromatic rings. The Kier molecular flexibility index (Phi) is 5.51. The summed E-state index contributed by atoms with van der Waals surface area (Å²) in [4.78, 5) is 24.3. The number of nitrogens with zero attached hydrogens (tertiary/aromatic N) is 2. The number of amides is 1. The first-order valence-corrected chi connectivity index (χ1v) is 7.93. The third-order valence-electron chi connectivity index (χ3n) is 3.57. The number of rotatable bonds is 4. The number of anilines is 1. The largest absolute Gasteiger partial charge is 0.449 e. The average Bonchev–Trinajstić information content (AvgIpc) is 2.76. The molecule has 0 unspecified atom stereocenters. The van der Waals surface area contributed by atoms with Crippen molar-refractivity contribution in [3.8, 4) is 0 Å². The summed E-state index contributed by atoms with van der Waals surface area (Å²) in [7, 11) is 1.78. The predicted octanol–water partition coefficient (Wildman–Crippen LogP) is 3.53. The lowest BCUT2D eigenvalue weighted by Gasteiger charge is -2.14. The maximum absolute atomic E-state index is 12.2. The maximum Gasteiger partial charge on any atom is 0.338 e. The molecule has 1 N–H and O–H groups in total. The van der Waals surface area contributed by atoms with Crippen LogP contribution in [0.3, 0.4) is 0 Å². The fourth-order valence-corrected chi connectivity index (χ4v) is 2.38. The molecule has 2 rings (SSSR count). The zero-order valence-corrected chi connectivity index (χ0v) is 15.2. The molecule has 1 heterocycles. The molecule has 128 valence electrons. The van der Waals surface area contributed by atoms with Crippen molar-refractivity contribution in [2.45, 2.75) is 26.9 Å². The summed E-state index contributed by atoms with van der Waals surface area (Å²) in [6, 6.07) is 4.37. The van der Waals surface area contributed by atoms with Crippen molar-refractivity contribution in [3.63, 3.8) is 0 Å². The summed E-state index contributed by atoms with van der Waals surface area (Å²) < 4.78 is 6.84. The number of aromatic nitrogens is 2. The van der Waals surface area contributed by atoms with Crippen LogP contribution in [0.5, 0.6) is 0 Å². The number of carbonyl (C=O) groups excluding carboxylic acids is 2. The SMILES string of the molecule is Cc1nn(C)c(C)c1NC(=O)[C@H](C)OC(=O)c1ccc(Cl)c(Cl)c1. The van der Waals surface area contributed by atoms with Crippen LogP contribution in [-0.2, 0) is 16.6 Å². The van der Waals surface area contributed by atoms with E-state index in [2.05, 4.69) is 10.4 Å². The second-order valence-electron chi connectivity index (χ2n) is 5.34. The lowest BCUT2D eigenvalue weighted by atomic mass is 10.2. The van der Waals surface area contributed by atoms with Gasteiger partial charge < -0.3 is 10.1 Å². The Morgan fingerprint density at radius 1 is 1.25 bits per heavy atom. The van der Waals surface area contributed by atoms with Crippen LogP contribution < -0.4 is 5.32 Å². The summed E-state index contributed by atoms with van der Waals surface area (Å²) in [5.74, 6) is -1.10. The third kappa shape index (κ3) is 3.88. The lowest BCUT2D eigenvalue weighted by Crippen LogP contribution is -2.30. The Morgan fingerprint density at radius 3 is 2.46 bits per heavy atom. The number of benzene rings is 1. The van der Waals surface area contributed by atoms with E-state index in [0.717, 1.165) is 5.69 Å². The quantitative estimate of drug-likeness (QED) is 0.836. The average molecular weight is 370 g/mol. The highest BCUT2D eigenvalue weighted by Crippen LogP contribution is 2.23. The highest BCUT2D eigenvalue weighted by Gasteiger charge is 2.22. The Hall–Kier alpha value is -2.05. The summed E-state index contributed by atoms with van der Waals surface area (Å²) in [6.07, 6.45) is -0.981. The molecule has 1 atom stereocenters. The molecule has 0 aliphatic heterocycles. The molecule has 1 amide bonds. The van der Waals surface area contributed by atoms with Crippen LogP contribution in [0.25, 0.3) is 0 Å². The summed E-state index contributed by atoms with van der Waals surface area (Å²) in [6.45, 7) is 5.11. The van der Waals surface area contributed by atoms with E-state index in [0.29, 0.717) is 16.4 Å². The van der Waals surface area contributed by atoms with Crippen LogP contribution in [0, 0.1) is 13.8 Å². The monoisotopic (exact) mass is 369 g/mol. The van der Waals surface area contributed by atoms with E-state index in [1.54, 1.807) is 18.7 Å². The molecule has 0 fully saturated rings. The van der Waals surface area contributed by atoms with Gasteiger partial charge in [0, 0.05) is 7.05 Å². The fraction of sp³-hybridized carbons (Fsp3) is 0.312. The van der Waals surface area contributed by atoms with Gasteiger partial charge in [-0.1, -0.05) is 23.2 Å². The number of esters is 1. The van der Waals surface area contributed by atoms with Crippen LogP contribution in [0.1, 0.15) is 28.7 Å². The Balaban J connectivity index is 2.05. The maximum atomic E-state index is 12.2.